The summed E-state index contributed by atoms with van der Waals surface area (Å²) in [5, 5.41) is 4.43. The third-order valence-corrected chi connectivity index (χ3v) is 8.03. The minimum atomic E-state index is 0.943. The van der Waals surface area contributed by atoms with Gasteiger partial charge in [-0.2, -0.15) is 0 Å². The van der Waals surface area contributed by atoms with Crippen molar-refractivity contribution < 1.29 is 0 Å². The number of rotatable bonds is 5. The number of para-hydroxylation sites is 2. The molecule has 0 saturated heterocycles. The van der Waals surface area contributed by atoms with Crippen molar-refractivity contribution in [2.75, 3.05) is 0 Å². The van der Waals surface area contributed by atoms with Crippen LogP contribution in [0.15, 0.2) is 134 Å². The van der Waals surface area contributed by atoms with Gasteiger partial charge in [0.25, 0.3) is 0 Å². The molecule has 0 atom stereocenters. The lowest BCUT2D eigenvalue weighted by molar-refractivity contribution is 1.31. The van der Waals surface area contributed by atoms with Crippen molar-refractivity contribution in [1.29, 1.82) is 0 Å². The van der Waals surface area contributed by atoms with Crippen LogP contribution in [0.25, 0.3) is 60.9 Å². The number of benzene rings is 4. The minimum absolute atomic E-state index is 0.943. The van der Waals surface area contributed by atoms with Gasteiger partial charge in [0.1, 0.15) is 5.65 Å². The topological polar surface area (TPSA) is 30.2 Å². The van der Waals surface area contributed by atoms with E-state index in [0.29, 0.717) is 0 Å². The van der Waals surface area contributed by atoms with E-state index in [1.165, 1.54) is 11.1 Å². The molecular formula is C38H29N3. The van der Waals surface area contributed by atoms with Crippen molar-refractivity contribution in [1.82, 2.24) is 14.4 Å². The smallest absolute Gasteiger partial charge is 0.146 e. The highest BCUT2D eigenvalue weighted by Gasteiger charge is 2.17. The summed E-state index contributed by atoms with van der Waals surface area (Å²) < 4.78 is 2.27. The summed E-state index contributed by atoms with van der Waals surface area (Å²) in [6, 6.07) is 31.8. The van der Waals surface area contributed by atoms with Gasteiger partial charge in [0.15, 0.2) is 0 Å². The number of pyridine rings is 2. The monoisotopic (exact) mass is 527 g/mol. The van der Waals surface area contributed by atoms with Crippen molar-refractivity contribution in [2.45, 2.75) is 13.8 Å². The number of aryl methyl sites for hydroxylation is 1. The Labute approximate surface area is 239 Å². The van der Waals surface area contributed by atoms with Crippen LogP contribution in [0.1, 0.15) is 23.6 Å². The van der Waals surface area contributed by atoms with Crippen LogP contribution >= 0.6 is 0 Å². The summed E-state index contributed by atoms with van der Waals surface area (Å²) in [6.07, 6.45) is 8.10. The lowest BCUT2D eigenvalue weighted by atomic mass is 9.95. The van der Waals surface area contributed by atoms with Crippen molar-refractivity contribution in [3.05, 3.63) is 150 Å². The Morgan fingerprint density at radius 3 is 2.54 bits per heavy atom. The van der Waals surface area contributed by atoms with Crippen LogP contribution in [0.3, 0.4) is 0 Å². The molecule has 3 heterocycles. The highest BCUT2D eigenvalue weighted by molar-refractivity contribution is 6.23. The summed E-state index contributed by atoms with van der Waals surface area (Å²) in [5.41, 5.74) is 11.7. The SMILES string of the molecule is C=C/C(=C\C(=C)/C(C)=C/c1ccccc1C)c1ccc2c(c1)c1c(ccc3cccnc31)c1nc3ccccc3n21. The molecule has 0 N–H and O–H groups in total. The molecule has 0 radical (unpaired) electrons. The maximum atomic E-state index is 5.06. The summed E-state index contributed by atoms with van der Waals surface area (Å²) in [6.45, 7) is 12.8. The molecule has 196 valence electrons. The van der Waals surface area contributed by atoms with E-state index in [2.05, 4.69) is 122 Å². The third-order valence-electron chi connectivity index (χ3n) is 8.03. The Morgan fingerprint density at radius 2 is 1.68 bits per heavy atom. The first-order valence-electron chi connectivity index (χ1n) is 13.8. The first-order chi connectivity index (χ1) is 20.0. The average molecular weight is 528 g/mol. The van der Waals surface area contributed by atoms with E-state index < -0.39 is 0 Å². The lowest BCUT2D eigenvalue weighted by Crippen LogP contribution is -1.94. The van der Waals surface area contributed by atoms with Gasteiger partial charge >= 0.3 is 0 Å². The Bertz CT molecular complexity index is 2260. The van der Waals surface area contributed by atoms with E-state index in [4.69, 9.17) is 9.97 Å². The molecule has 0 aliphatic rings. The van der Waals surface area contributed by atoms with E-state index >= 15 is 0 Å². The normalized spacial score (nSPS) is 12.6. The molecule has 3 aromatic heterocycles. The van der Waals surface area contributed by atoms with Crippen LogP contribution in [0.5, 0.6) is 0 Å². The summed E-state index contributed by atoms with van der Waals surface area (Å²) in [7, 11) is 0. The second kappa shape index (κ2) is 9.72. The molecule has 0 aliphatic heterocycles. The van der Waals surface area contributed by atoms with Gasteiger partial charge in [-0.05, 0) is 89.7 Å². The predicted molar refractivity (Wildman–Crippen MR) is 175 cm³/mol. The van der Waals surface area contributed by atoms with Gasteiger partial charge in [0, 0.05) is 27.7 Å². The van der Waals surface area contributed by atoms with Crippen LogP contribution in [-0.2, 0) is 0 Å². The Kier molecular flexibility index (Phi) is 5.87. The maximum absolute atomic E-state index is 5.06. The standard InChI is InChI=1S/C38H29N3/c1-5-27(21-25(3)26(4)22-29-12-7-6-11-24(29)2)30-17-19-34-32(23-30)36-31(18-16-28-13-10-20-39-37(28)36)38-40-33-14-8-9-15-35(33)41(34)38/h5-23H,1,3H2,2,4H3/b26-22+,27-21+. The molecule has 3 heteroatoms. The zero-order valence-corrected chi connectivity index (χ0v) is 23.2. The Balaban J connectivity index is 1.48. The van der Waals surface area contributed by atoms with Crippen molar-refractivity contribution >= 4 is 60.9 Å². The molecule has 0 spiro atoms. The van der Waals surface area contributed by atoms with Crippen molar-refractivity contribution in [3.8, 4) is 0 Å². The number of allylic oxidation sites excluding steroid dienone is 5. The number of hydrogen-bond acceptors (Lipinski definition) is 2. The van der Waals surface area contributed by atoms with Crippen LogP contribution in [-0.4, -0.2) is 14.4 Å². The van der Waals surface area contributed by atoms with Crippen LogP contribution in [0.2, 0.25) is 0 Å². The van der Waals surface area contributed by atoms with E-state index in [1.54, 1.807) is 0 Å². The molecule has 7 rings (SSSR count). The maximum Gasteiger partial charge on any atom is 0.146 e. The minimum Gasteiger partial charge on any atom is -0.292 e. The molecule has 41 heavy (non-hydrogen) atoms. The second-order valence-electron chi connectivity index (χ2n) is 10.6. The molecular weight excluding hydrogens is 498 g/mol. The van der Waals surface area contributed by atoms with Gasteiger partial charge in [-0.25, -0.2) is 4.98 Å². The number of fused-ring (bicyclic) bond motifs is 10. The van der Waals surface area contributed by atoms with Gasteiger partial charge in [-0.1, -0.05) is 79.9 Å². The highest BCUT2D eigenvalue weighted by Crippen LogP contribution is 2.37. The fourth-order valence-corrected chi connectivity index (χ4v) is 5.80. The number of imidazole rings is 1. The zero-order chi connectivity index (χ0) is 28.1. The van der Waals surface area contributed by atoms with E-state index in [0.717, 1.165) is 71.5 Å². The predicted octanol–water partition coefficient (Wildman–Crippen LogP) is 9.88. The summed E-state index contributed by atoms with van der Waals surface area (Å²) in [5.74, 6) is 0. The van der Waals surface area contributed by atoms with E-state index in [-0.39, 0.29) is 0 Å². The first kappa shape index (κ1) is 24.7. The van der Waals surface area contributed by atoms with Gasteiger partial charge < -0.3 is 0 Å². The van der Waals surface area contributed by atoms with Gasteiger partial charge in [-0.15, -0.1) is 0 Å². The molecule has 0 bridgehead atoms. The second-order valence-corrected chi connectivity index (χ2v) is 10.6. The first-order valence-corrected chi connectivity index (χ1v) is 13.8. The number of nitrogens with zero attached hydrogens (tertiary/aromatic N) is 3. The molecule has 0 amide bonds. The highest BCUT2D eigenvalue weighted by atomic mass is 15.0. The van der Waals surface area contributed by atoms with Crippen LogP contribution < -0.4 is 0 Å². The molecule has 7 aromatic rings. The Hall–Kier alpha value is -5.28. The summed E-state index contributed by atoms with van der Waals surface area (Å²) in [4.78, 5) is 9.90. The van der Waals surface area contributed by atoms with Crippen molar-refractivity contribution in [3.63, 3.8) is 0 Å². The summed E-state index contributed by atoms with van der Waals surface area (Å²) >= 11 is 0. The van der Waals surface area contributed by atoms with Crippen LogP contribution in [0.4, 0.5) is 0 Å². The lowest BCUT2D eigenvalue weighted by Gasteiger charge is -2.13. The van der Waals surface area contributed by atoms with Gasteiger partial charge in [-0.3, -0.25) is 9.38 Å². The van der Waals surface area contributed by atoms with E-state index in [1.807, 2.05) is 24.4 Å². The third kappa shape index (κ3) is 4.06. The average Bonchev–Trinajstić information content (AvgIpc) is 3.40. The van der Waals surface area contributed by atoms with Gasteiger partial charge in [0.05, 0.1) is 22.1 Å². The number of aromatic nitrogens is 3. The molecule has 3 nitrogen and oxygen atoms in total. The fourth-order valence-electron chi connectivity index (χ4n) is 5.80. The zero-order valence-electron chi connectivity index (χ0n) is 23.2. The van der Waals surface area contributed by atoms with Gasteiger partial charge in [0.2, 0.25) is 0 Å². The largest absolute Gasteiger partial charge is 0.292 e. The number of hydrogen-bond donors (Lipinski definition) is 0. The molecule has 0 aliphatic carbocycles. The van der Waals surface area contributed by atoms with Crippen molar-refractivity contribution in [2.24, 2.45) is 0 Å². The van der Waals surface area contributed by atoms with E-state index in [9.17, 15) is 0 Å². The molecule has 0 saturated carbocycles. The molecule has 0 unspecified atom stereocenters. The quantitative estimate of drug-likeness (QED) is 0.165. The molecule has 4 aromatic carbocycles. The Morgan fingerprint density at radius 1 is 0.854 bits per heavy atom. The fraction of sp³-hybridized carbons (Fsp3) is 0.0526. The molecule has 0 fully saturated rings. The van der Waals surface area contributed by atoms with Crippen LogP contribution in [0, 0.1) is 6.92 Å².